The Kier molecular flexibility index (Phi) is 4.12. The highest BCUT2D eigenvalue weighted by molar-refractivity contribution is 7.09. The molecule has 4 heteroatoms. The third-order valence-electron chi connectivity index (χ3n) is 2.59. The maximum Gasteiger partial charge on any atom is 0.115 e. The van der Waals surface area contributed by atoms with Crippen molar-refractivity contribution in [2.75, 3.05) is 6.54 Å². The van der Waals surface area contributed by atoms with Crippen LogP contribution in [0.25, 0.3) is 0 Å². The third-order valence-corrected chi connectivity index (χ3v) is 3.60. The molecule has 0 aliphatic carbocycles. The predicted octanol–water partition coefficient (Wildman–Crippen LogP) is 2.74. The number of nitrogens with zero attached hydrogens (tertiary/aromatic N) is 1. The van der Waals surface area contributed by atoms with E-state index >= 15 is 0 Å². The van der Waals surface area contributed by atoms with Crippen molar-refractivity contribution in [3.05, 3.63) is 46.4 Å². The minimum atomic E-state index is 0.310. The van der Waals surface area contributed by atoms with Gasteiger partial charge in [0.25, 0.3) is 0 Å². The van der Waals surface area contributed by atoms with Crippen molar-refractivity contribution in [3.8, 4) is 5.75 Å². The molecule has 1 unspecified atom stereocenters. The minimum absolute atomic E-state index is 0.310. The Balaban J connectivity index is 1.78. The van der Waals surface area contributed by atoms with Crippen LogP contribution in [-0.2, 0) is 6.54 Å². The van der Waals surface area contributed by atoms with Crippen LogP contribution in [0.4, 0.5) is 0 Å². The Morgan fingerprint density at radius 3 is 2.76 bits per heavy atom. The van der Waals surface area contributed by atoms with E-state index in [0.717, 1.165) is 13.1 Å². The molecule has 1 aromatic heterocycles. The summed E-state index contributed by atoms with van der Waals surface area (Å²) >= 11 is 1.70. The zero-order valence-corrected chi connectivity index (χ0v) is 10.6. The lowest BCUT2D eigenvalue weighted by Gasteiger charge is -2.10. The maximum absolute atomic E-state index is 9.17. The summed E-state index contributed by atoms with van der Waals surface area (Å²) in [5.41, 5.74) is 1.18. The number of rotatable bonds is 5. The molecule has 90 valence electrons. The lowest BCUT2D eigenvalue weighted by Crippen LogP contribution is -2.19. The number of benzene rings is 1. The van der Waals surface area contributed by atoms with Gasteiger partial charge in [-0.2, -0.15) is 0 Å². The monoisotopic (exact) mass is 248 g/mol. The molecule has 2 N–H and O–H groups in total. The molecule has 1 aromatic carbocycles. The van der Waals surface area contributed by atoms with E-state index in [1.807, 2.05) is 23.7 Å². The first kappa shape index (κ1) is 12.1. The van der Waals surface area contributed by atoms with Gasteiger partial charge in [-0.05, 0) is 17.7 Å². The average Bonchev–Trinajstić information content (AvgIpc) is 2.85. The van der Waals surface area contributed by atoms with Crippen molar-refractivity contribution >= 4 is 11.3 Å². The molecule has 0 spiro atoms. The van der Waals surface area contributed by atoms with E-state index < -0.39 is 0 Å². The van der Waals surface area contributed by atoms with Gasteiger partial charge < -0.3 is 10.4 Å². The summed E-state index contributed by atoms with van der Waals surface area (Å²) in [6.07, 6.45) is 1.84. The lowest BCUT2D eigenvalue weighted by molar-refractivity contribution is 0.475. The normalized spacial score (nSPS) is 12.5. The molecular weight excluding hydrogens is 232 g/mol. The summed E-state index contributed by atoms with van der Waals surface area (Å²) in [5, 5.41) is 15.7. The van der Waals surface area contributed by atoms with Crippen LogP contribution in [0, 0.1) is 0 Å². The Morgan fingerprint density at radius 2 is 2.12 bits per heavy atom. The number of hydrogen-bond acceptors (Lipinski definition) is 4. The number of aromatic nitrogens is 1. The molecule has 0 bridgehead atoms. The molecule has 0 saturated heterocycles. The highest BCUT2D eigenvalue weighted by Gasteiger charge is 2.06. The average molecular weight is 248 g/mol. The van der Waals surface area contributed by atoms with Crippen LogP contribution >= 0.6 is 11.3 Å². The molecule has 0 amide bonds. The Hall–Kier alpha value is -1.39. The molecule has 0 aliphatic heterocycles. The molecule has 0 radical (unpaired) electrons. The van der Waals surface area contributed by atoms with Gasteiger partial charge in [-0.25, -0.2) is 4.98 Å². The van der Waals surface area contributed by atoms with Crippen LogP contribution < -0.4 is 5.32 Å². The van der Waals surface area contributed by atoms with Crippen molar-refractivity contribution in [2.45, 2.75) is 19.4 Å². The van der Waals surface area contributed by atoms with Crippen LogP contribution in [0.3, 0.4) is 0 Å². The van der Waals surface area contributed by atoms with Gasteiger partial charge in [-0.1, -0.05) is 19.1 Å². The van der Waals surface area contributed by atoms with Crippen LogP contribution in [0.5, 0.6) is 5.75 Å². The van der Waals surface area contributed by atoms with E-state index in [2.05, 4.69) is 17.2 Å². The summed E-state index contributed by atoms with van der Waals surface area (Å²) in [6, 6.07) is 7.27. The fourth-order valence-corrected chi connectivity index (χ4v) is 2.31. The third kappa shape index (κ3) is 3.54. The summed E-state index contributed by atoms with van der Waals surface area (Å²) in [5.74, 6) is 0.747. The smallest absolute Gasteiger partial charge is 0.115 e. The molecule has 1 atom stereocenters. The zero-order chi connectivity index (χ0) is 12.1. The fourth-order valence-electron chi connectivity index (χ4n) is 1.61. The van der Waals surface area contributed by atoms with Crippen molar-refractivity contribution in [1.29, 1.82) is 0 Å². The highest BCUT2D eigenvalue weighted by Crippen LogP contribution is 2.16. The number of phenolic OH excluding ortho intramolecular Hbond substituents is 1. The zero-order valence-electron chi connectivity index (χ0n) is 9.76. The molecule has 2 rings (SSSR count). The Morgan fingerprint density at radius 1 is 1.35 bits per heavy atom. The van der Waals surface area contributed by atoms with Crippen molar-refractivity contribution in [3.63, 3.8) is 0 Å². The topological polar surface area (TPSA) is 45.1 Å². The first-order chi connectivity index (χ1) is 8.25. The molecular formula is C13H16N2OS. The van der Waals surface area contributed by atoms with E-state index in [0.29, 0.717) is 11.7 Å². The van der Waals surface area contributed by atoms with Crippen molar-refractivity contribution in [2.24, 2.45) is 0 Å². The largest absolute Gasteiger partial charge is 0.508 e. The van der Waals surface area contributed by atoms with Crippen molar-refractivity contribution < 1.29 is 5.11 Å². The van der Waals surface area contributed by atoms with Gasteiger partial charge in [-0.15, -0.1) is 11.3 Å². The summed E-state index contributed by atoms with van der Waals surface area (Å²) < 4.78 is 0. The number of aromatic hydroxyl groups is 1. The van der Waals surface area contributed by atoms with Gasteiger partial charge in [-0.3, -0.25) is 0 Å². The SMILES string of the molecule is CC(CNCc1ccc(O)cc1)c1nccs1. The first-order valence-corrected chi connectivity index (χ1v) is 6.51. The van der Waals surface area contributed by atoms with Gasteiger partial charge in [0.15, 0.2) is 0 Å². The molecule has 17 heavy (non-hydrogen) atoms. The van der Waals surface area contributed by atoms with E-state index in [4.69, 9.17) is 5.11 Å². The van der Waals surface area contributed by atoms with Crippen LogP contribution in [-0.4, -0.2) is 16.6 Å². The summed E-state index contributed by atoms with van der Waals surface area (Å²) in [4.78, 5) is 4.30. The molecule has 1 heterocycles. The van der Waals surface area contributed by atoms with Gasteiger partial charge in [0.05, 0.1) is 5.01 Å². The maximum atomic E-state index is 9.17. The highest BCUT2D eigenvalue weighted by atomic mass is 32.1. The summed E-state index contributed by atoms with van der Waals surface area (Å²) in [6.45, 7) is 3.90. The first-order valence-electron chi connectivity index (χ1n) is 5.63. The van der Waals surface area contributed by atoms with E-state index in [9.17, 15) is 0 Å². The van der Waals surface area contributed by atoms with Crippen LogP contribution in [0.15, 0.2) is 35.8 Å². The van der Waals surface area contributed by atoms with Gasteiger partial charge in [0.1, 0.15) is 5.75 Å². The molecule has 0 fully saturated rings. The molecule has 0 aliphatic rings. The second kappa shape index (κ2) is 5.80. The van der Waals surface area contributed by atoms with E-state index in [1.54, 1.807) is 23.5 Å². The van der Waals surface area contributed by atoms with Crippen molar-refractivity contribution in [1.82, 2.24) is 10.3 Å². The molecule has 2 aromatic rings. The summed E-state index contributed by atoms with van der Waals surface area (Å²) in [7, 11) is 0. The second-order valence-corrected chi connectivity index (χ2v) is 4.99. The van der Waals surface area contributed by atoms with Crippen LogP contribution in [0.1, 0.15) is 23.4 Å². The van der Waals surface area contributed by atoms with Gasteiger partial charge in [0.2, 0.25) is 0 Å². The quantitative estimate of drug-likeness (QED) is 0.855. The van der Waals surface area contributed by atoms with Gasteiger partial charge in [0, 0.05) is 30.6 Å². The van der Waals surface area contributed by atoms with Gasteiger partial charge >= 0.3 is 0 Å². The van der Waals surface area contributed by atoms with Crippen LogP contribution in [0.2, 0.25) is 0 Å². The Labute approximate surface area is 105 Å². The standard InChI is InChI=1S/C13H16N2OS/c1-10(13-15-6-7-17-13)8-14-9-11-2-4-12(16)5-3-11/h2-7,10,14,16H,8-9H2,1H3. The number of hydrogen-bond donors (Lipinski definition) is 2. The number of phenols is 1. The predicted molar refractivity (Wildman–Crippen MR) is 70.3 cm³/mol. The van der Waals surface area contributed by atoms with E-state index in [-0.39, 0.29) is 0 Å². The molecule has 0 saturated carbocycles. The fraction of sp³-hybridized carbons (Fsp3) is 0.308. The number of nitrogens with one attached hydrogen (secondary N) is 1. The number of thiazole rings is 1. The second-order valence-electron chi connectivity index (χ2n) is 4.07. The minimum Gasteiger partial charge on any atom is -0.508 e. The Bertz CT molecular complexity index is 439. The van der Waals surface area contributed by atoms with E-state index in [1.165, 1.54) is 10.6 Å². The lowest BCUT2D eigenvalue weighted by atomic mass is 10.2. The molecule has 3 nitrogen and oxygen atoms in total.